The molecule has 5 rings (SSSR count). The Kier molecular flexibility index (Phi) is 6.49. The summed E-state index contributed by atoms with van der Waals surface area (Å²) in [4.78, 5) is 53.2. The van der Waals surface area contributed by atoms with Gasteiger partial charge >= 0.3 is 5.69 Å². The van der Waals surface area contributed by atoms with Gasteiger partial charge in [-0.1, -0.05) is 18.6 Å². The van der Waals surface area contributed by atoms with Crippen molar-refractivity contribution in [2.45, 2.75) is 52.9 Å². The third-order valence-electron chi connectivity index (χ3n) is 7.25. The van der Waals surface area contributed by atoms with Crippen molar-refractivity contribution in [2.24, 2.45) is 18.7 Å². The van der Waals surface area contributed by atoms with Crippen LogP contribution in [0.15, 0.2) is 39.6 Å². The van der Waals surface area contributed by atoms with Gasteiger partial charge in [0.25, 0.3) is 5.56 Å². The number of rotatable bonds is 5. The van der Waals surface area contributed by atoms with Crippen LogP contribution >= 0.6 is 0 Å². The van der Waals surface area contributed by atoms with Gasteiger partial charge in [-0.25, -0.2) is 9.36 Å². The first-order valence-corrected chi connectivity index (χ1v) is 12.8. The van der Waals surface area contributed by atoms with Crippen LogP contribution in [0.3, 0.4) is 0 Å². The summed E-state index contributed by atoms with van der Waals surface area (Å²) < 4.78 is 4.57. The topological polar surface area (TPSA) is 124 Å². The Morgan fingerprint density at radius 3 is 2.70 bits per heavy atom. The number of aromatic nitrogens is 5. The summed E-state index contributed by atoms with van der Waals surface area (Å²) in [6.45, 7) is 8.13. The molecule has 37 heavy (non-hydrogen) atoms. The monoisotopic (exact) mass is 506 g/mol. The van der Waals surface area contributed by atoms with Crippen LogP contribution in [0, 0.1) is 5.92 Å². The minimum absolute atomic E-state index is 0.00943. The van der Waals surface area contributed by atoms with Gasteiger partial charge in [0.2, 0.25) is 5.95 Å². The lowest BCUT2D eigenvalue weighted by Crippen LogP contribution is -2.47. The number of anilines is 2. The number of aryl methyl sites for hydroxylation is 1. The Balaban J connectivity index is 1.67. The summed E-state index contributed by atoms with van der Waals surface area (Å²) in [6, 6.07) is 3.59. The highest BCUT2D eigenvalue weighted by Crippen LogP contribution is 2.28. The van der Waals surface area contributed by atoms with Gasteiger partial charge in [-0.15, -0.1) is 0 Å². The molecule has 3 aromatic rings. The molecule has 1 fully saturated rings. The maximum Gasteiger partial charge on any atom is 0.333 e. The number of nitrogens with two attached hydrogens (primary N) is 1. The van der Waals surface area contributed by atoms with Crippen molar-refractivity contribution in [2.75, 3.05) is 29.4 Å². The molecule has 11 heteroatoms. The molecule has 0 radical (unpaired) electrons. The molecule has 2 unspecified atom stereocenters. The Bertz CT molecular complexity index is 1510. The summed E-state index contributed by atoms with van der Waals surface area (Å²) in [6.07, 6.45) is 5.52. The molecule has 2 aliphatic heterocycles. The van der Waals surface area contributed by atoms with E-state index in [9.17, 15) is 14.4 Å². The zero-order valence-electron chi connectivity index (χ0n) is 21.8. The van der Waals surface area contributed by atoms with Crippen LogP contribution in [-0.2, 0) is 20.3 Å². The predicted octanol–water partition coefficient (Wildman–Crippen LogP) is 1.48. The van der Waals surface area contributed by atoms with Crippen LogP contribution in [0.5, 0.6) is 0 Å². The van der Waals surface area contributed by atoms with E-state index in [1.165, 1.54) is 9.13 Å². The number of piperidine rings is 1. The molecule has 11 nitrogen and oxygen atoms in total. The maximum atomic E-state index is 14.0. The van der Waals surface area contributed by atoms with E-state index in [1.807, 2.05) is 36.3 Å². The normalized spacial score (nSPS) is 19.9. The summed E-state index contributed by atoms with van der Waals surface area (Å²) >= 11 is 0. The Morgan fingerprint density at radius 2 is 1.97 bits per heavy atom. The first kappa shape index (κ1) is 24.9. The van der Waals surface area contributed by atoms with Gasteiger partial charge in [-0.3, -0.25) is 19.1 Å². The van der Waals surface area contributed by atoms with Crippen molar-refractivity contribution in [3.63, 3.8) is 0 Å². The fraction of sp³-hybridized carbons (Fsp3) is 0.500. The molecular formula is C26H34N8O3. The molecule has 0 amide bonds. The van der Waals surface area contributed by atoms with Gasteiger partial charge < -0.3 is 20.1 Å². The number of carbonyl (C=O) groups is 1. The van der Waals surface area contributed by atoms with E-state index in [-0.39, 0.29) is 24.4 Å². The summed E-state index contributed by atoms with van der Waals surface area (Å²) in [5.41, 5.74) is 8.23. The van der Waals surface area contributed by atoms with E-state index in [1.54, 1.807) is 25.4 Å². The number of carbonyl (C=O) groups excluding carboxylic acids is 1. The second-order valence-corrected chi connectivity index (χ2v) is 10.4. The zero-order valence-corrected chi connectivity index (χ0v) is 21.8. The van der Waals surface area contributed by atoms with Crippen LogP contribution in [0.4, 0.5) is 11.6 Å². The molecule has 1 saturated heterocycles. The third-order valence-corrected chi connectivity index (χ3v) is 7.25. The molecule has 0 spiro atoms. The van der Waals surface area contributed by atoms with Crippen LogP contribution in [-0.4, -0.2) is 55.1 Å². The van der Waals surface area contributed by atoms with E-state index in [4.69, 9.17) is 10.7 Å². The average Bonchev–Trinajstić information content (AvgIpc) is 3.27. The molecular weight excluding hydrogens is 472 g/mol. The molecule has 0 aliphatic carbocycles. The van der Waals surface area contributed by atoms with Crippen molar-refractivity contribution in [3.8, 4) is 0 Å². The number of nitrogens with zero attached hydrogens (tertiary/aromatic N) is 7. The summed E-state index contributed by atoms with van der Waals surface area (Å²) in [5, 5.41) is 0. The predicted molar refractivity (Wildman–Crippen MR) is 143 cm³/mol. The fourth-order valence-corrected chi connectivity index (χ4v) is 5.26. The highest BCUT2D eigenvalue weighted by molar-refractivity contribution is 6.02. The maximum absolute atomic E-state index is 14.0. The van der Waals surface area contributed by atoms with Gasteiger partial charge in [-0.2, -0.15) is 4.98 Å². The Morgan fingerprint density at radius 1 is 1.19 bits per heavy atom. The van der Waals surface area contributed by atoms with Gasteiger partial charge in [0.05, 0.1) is 5.69 Å². The number of ketones is 1. The molecule has 0 saturated carbocycles. The van der Waals surface area contributed by atoms with Crippen LogP contribution in [0.25, 0.3) is 11.2 Å². The molecule has 0 aromatic carbocycles. The molecule has 5 heterocycles. The van der Waals surface area contributed by atoms with E-state index in [0.29, 0.717) is 48.1 Å². The number of allylic oxidation sites excluding steroid dienone is 2. The highest BCUT2D eigenvalue weighted by Gasteiger charge is 2.32. The van der Waals surface area contributed by atoms with Crippen molar-refractivity contribution in [1.82, 2.24) is 23.7 Å². The van der Waals surface area contributed by atoms with Gasteiger partial charge in [-0.05, 0) is 38.8 Å². The van der Waals surface area contributed by atoms with E-state index >= 15 is 0 Å². The largest absolute Gasteiger partial charge is 0.351 e. The zero-order chi connectivity index (χ0) is 26.4. The number of fused-ring (bicyclic) bond motifs is 2. The van der Waals surface area contributed by atoms with Crippen molar-refractivity contribution in [1.29, 1.82) is 0 Å². The SMILES string of the molecule is CC(C)=CCn1c(N2CCCC(N)C2)nc2c1c(=O)n(CN1CC(C)C(=O)c3ncccc31)c(=O)n2C. The van der Waals surface area contributed by atoms with Crippen LogP contribution in [0.2, 0.25) is 0 Å². The molecule has 3 aromatic heterocycles. The quantitative estimate of drug-likeness (QED) is 0.516. The number of imidazole rings is 1. The standard InChI is InChI=1S/C26H34N8O3/c1-16(2)9-12-33-21-23(29-25(33)31-11-6-7-18(27)14-31)30(4)26(37)34(24(21)36)15-32-13-17(3)22(35)20-19(32)8-5-10-28-20/h5,8-10,17-18H,6-7,11-15,27H2,1-4H3. The van der Waals surface area contributed by atoms with E-state index in [2.05, 4.69) is 9.88 Å². The van der Waals surface area contributed by atoms with Crippen molar-refractivity contribution >= 4 is 28.6 Å². The minimum Gasteiger partial charge on any atom is -0.351 e. The highest BCUT2D eigenvalue weighted by atomic mass is 16.2. The molecule has 196 valence electrons. The van der Waals surface area contributed by atoms with Gasteiger partial charge in [0.15, 0.2) is 16.9 Å². The molecule has 2 atom stereocenters. The second-order valence-electron chi connectivity index (χ2n) is 10.4. The lowest BCUT2D eigenvalue weighted by Gasteiger charge is -2.33. The lowest BCUT2D eigenvalue weighted by atomic mass is 9.97. The number of hydrogen-bond acceptors (Lipinski definition) is 8. The van der Waals surface area contributed by atoms with E-state index in [0.717, 1.165) is 25.0 Å². The Hall–Kier alpha value is -3.73. The number of Topliss-reactive ketones (excluding diaryl/α,β-unsaturated/α-hetero) is 1. The third kappa shape index (κ3) is 4.37. The average molecular weight is 507 g/mol. The lowest BCUT2D eigenvalue weighted by molar-refractivity contribution is 0.0919. The second kappa shape index (κ2) is 9.62. The smallest absolute Gasteiger partial charge is 0.333 e. The molecule has 2 aliphatic rings. The van der Waals surface area contributed by atoms with Crippen LogP contribution in [0.1, 0.15) is 44.1 Å². The van der Waals surface area contributed by atoms with E-state index < -0.39 is 11.2 Å². The first-order chi connectivity index (χ1) is 17.7. The first-order valence-electron chi connectivity index (χ1n) is 12.8. The fourth-order valence-electron chi connectivity index (χ4n) is 5.26. The van der Waals surface area contributed by atoms with Gasteiger partial charge in [0, 0.05) is 51.4 Å². The number of pyridine rings is 1. The molecule has 0 bridgehead atoms. The molecule has 2 N–H and O–H groups in total. The summed E-state index contributed by atoms with van der Waals surface area (Å²) in [7, 11) is 1.64. The van der Waals surface area contributed by atoms with Gasteiger partial charge in [0.1, 0.15) is 12.4 Å². The summed E-state index contributed by atoms with van der Waals surface area (Å²) in [5.74, 6) is 0.315. The van der Waals surface area contributed by atoms with Crippen molar-refractivity contribution < 1.29 is 4.79 Å². The van der Waals surface area contributed by atoms with Crippen molar-refractivity contribution in [3.05, 3.63) is 56.5 Å². The minimum atomic E-state index is -0.457. The van der Waals surface area contributed by atoms with Crippen LogP contribution < -0.4 is 26.8 Å². The Labute approximate surface area is 214 Å². The number of hydrogen-bond donors (Lipinski definition) is 1.